The lowest BCUT2D eigenvalue weighted by Gasteiger charge is -2.33. The first-order valence-electron chi connectivity index (χ1n) is 4.98. The second-order valence-electron chi connectivity index (χ2n) is 3.72. The highest BCUT2D eigenvalue weighted by Crippen LogP contribution is 2.30. The van der Waals surface area contributed by atoms with Crippen molar-refractivity contribution in [3.8, 4) is 0 Å². The van der Waals surface area contributed by atoms with Gasteiger partial charge in [-0.15, -0.1) is 0 Å². The lowest BCUT2D eigenvalue weighted by molar-refractivity contribution is -0.140. The Hall–Kier alpha value is -1.93. The molecule has 0 fully saturated rings. The van der Waals surface area contributed by atoms with E-state index in [2.05, 4.69) is 0 Å². The van der Waals surface area contributed by atoms with Crippen LogP contribution < -0.4 is 9.62 Å². The van der Waals surface area contributed by atoms with Crippen LogP contribution in [0.4, 0.5) is 5.69 Å². The molecule has 96 valence electrons. The number of amides is 1. The van der Waals surface area contributed by atoms with Gasteiger partial charge < -0.3 is 5.11 Å². The van der Waals surface area contributed by atoms with E-state index in [1.165, 1.54) is 31.2 Å². The Morgan fingerprint density at radius 1 is 1.33 bits per heavy atom. The zero-order chi connectivity index (χ0) is 13.5. The molecule has 0 bridgehead atoms. The number of hydrogen-bond acceptors (Lipinski definition) is 4. The lowest BCUT2D eigenvalue weighted by atomic mass is 10.2. The second-order valence-corrected chi connectivity index (χ2v) is 5.40. The fourth-order valence-corrected chi connectivity index (χ4v) is 3.12. The summed E-state index contributed by atoms with van der Waals surface area (Å²) in [4.78, 5) is 23.3. The Morgan fingerprint density at radius 3 is 2.50 bits per heavy atom. The molecule has 18 heavy (non-hydrogen) atoms. The Morgan fingerprint density at radius 2 is 1.94 bits per heavy atom. The fourth-order valence-electron chi connectivity index (χ4n) is 1.80. The maximum absolute atomic E-state index is 11.8. The smallest absolute Gasteiger partial charge is 0.343 e. The summed E-state index contributed by atoms with van der Waals surface area (Å²) in [5.74, 6) is -2.00. The Bertz CT molecular complexity index is 625. The second kappa shape index (κ2) is 4.07. The van der Waals surface area contributed by atoms with Crippen molar-refractivity contribution in [1.82, 2.24) is 4.72 Å². The highest BCUT2D eigenvalue weighted by Gasteiger charge is 2.40. The van der Waals surface area contributed by atoms with Crippen molar-refractivity contribution in [3.05, 3.63) is 24.3 Å². The number of benzene rings is 1. The number of carbonyl (C=O) groups is 2. The molecule has 0 saturated carbocycles. The van der Waals surface area contributed by atoms with Gasteiger partial charge in [-0.2, -0.15) is 4.72 Å². The molecular formula is C10H10N2O5S. The summed E-state index contributed by atoms with van der Waals surface area (Å²) in [6.07, 6.45) is -1.62. The van der Waals surface area contributed by atoms with Gasteiger partial charge >= 0.3 is 5.97 Å². The predicted molar refractivity (Wildman–Crippen MR) is 61.3 cm³/mol. The van der Waals surface area contributed by atoms with Crippen molar-refractivity contribution in [2.75, 3.05) is 4.90 Å². The summed E-state index contributed by atoms with van der Waals surface area (Å²) < 4.78 is 25.6. The number of carboxylic acid groups (broad SMARTS) is 1. The molecule has 8 heteroatoms. The number of aliphatic carboxylic acids is 1. The molecule has 1 heterocycles. The van der Waals surface area contributed by atoms with E-state index >= 15 is 0 Å². The number of carbonyl (C=O) groups excluding carboxylic acids is 1. The Kier molecular flexibility index (Phi) is 2.83. The van der Waals surface area contributed by atoms with Crippen molar-refractivity contribution < 1.29 is 23.1 Å². The summed E-state index contributed by atoms with van der Waals surface area (Å²) in [6.45, 7) is 1.17. The third-order valence-electron chi connectivity index (χ3n) is 2.51. The first kappa shape index (κ1) is 12.5. The van der Waals surface area contributed by atoms with Crippen LogP contribution in [-0.2, 0) is 19.6 Å². The van der Waals surface area contributed by atoms with Crippen LogP contribution in [0.15, 0.2) is 29.2 Å². The summed E-state index contributed by atoms with van der Waals surface area (Å²) >= 11 is 0. The molecule has 7 nitrogen and oxygen atoms in total. The number of anilines is 1. The van der Waals surface area contributed by atoms with E-state index in [4.69, 9.17) is 5.11 Å². The van der Waals surface area contributed by atoms with Gasteiger partial charge in [0, 0.05) is 6.92 Å². The molecule has 1 aromatic carbocycles. The van der Waals surface area contributed by atoms with Gasteiger partial charge in [-0.05, 0) is 12.1 Å². The van der Waals surface area contributed by atoms with Crippen molar-refractivity contribution in [2.24, 2.45) is 0 Å². The van der Waals surface area contributed by atoms with Crippen LogP contribution in [-0.4, -0.2) is 31.6 Å². The SMILES string of the molecule is CC(=O)N1c2ccccc2S(=O)(=O)NC1C(=O)O. The maximum atomic E-state index is 11.8. The van der Waals surface area contributed by atoms with E-state index in [9.17, 15) is 18.0 Å². The standard InChI is InChI=1S/C10H10N2O5S/c1-6(13)12-7-4-2-3-5-8(7)18(16,17)11-9(12)10(14)15/h2-5,9,11H,1H3,(H,14,15). The van der Waals surface area contributed by atoms with Crippen LogP contribution in [0.3, 0.4) is 0 Å². The van der Waals surface area contributed by atoms with Crippen LogP contribution in [0, 0.1) is 0 Å². The highest BCUT2D eigenvalue weighted by atomic mass is 32.2. The topological polar surface area (TPSA) is 104 Å². The van der Waals surface area contributed by atoms with Gasteiger partial charge in [-0.25, -0.2) is 13.2 Å². The molecule has 2 rings (SSSR count). The van der Waals surface area contributed by atoms with E-state index in [1.807, 2.05) is 4.72 Å². The number of hydrogen-bond donors (Lipinski definition) is 2. The molecule has 1 aliphatic heterocycles. The van der Waals surface area contributed by atoms with Crippen LogP contribution in [0.2, 0.25) is 0 Å². The number of nitrogens with one attached hydrogen (secondary N) is 1. The van der Waals surface area contributed by atoms with Gasteiger partial charge in [0.25, 0.3) is 0 Å². The van der Waals surface area contributed by atoms with Crippen molar-refractivity contribution in [1.29, 1.82) is 0 Å². The third kappa shape index (κ3) is 1.85. The molecule has 1 atom stereocenters. The molecule has 1 aliphatic rings. The van der Waals surface area contributed by atoms with Crippen LogP contribution in [0.5, 0.6) is 0 Å². The third-order valence-corrected chi connectivity index (χ3v) is 3.97. The normalized spacial score (nSPS) is 21.2. The number of carboxylic acids is 1. The van der Waals surface area contributed by atoms with E-state index < -0.39 is 28.1 Å². The van der Waals surface area contributed by atoms with Crippen molar-refractivity contribution in [2.45, 2.75) is 18.0 Å². The highest BCUT2D eigenvalue weighted by molar-refractivity contribution is 7.89. The van der Waals surface area contributed by atoms with Gasteiger partial charge in [0.1, 0.15) is 4.90 Å². The number of sulfonamides is 1. The summed E-state index contributed by atoms with van der Waals surface area (Å²) in [5.41, 5.74) is 0.0659. The van der Waals surface area contributed by atoms with Gasteiger partial charge in [0.05, 0.1) is 5.69 Å². The number of rotatable bonds is 1. The van der Waals surface area contributed by atoms with E-state index in [1.54, 1.807) is 0 Å². The van der Waals surface area contributed by atoms with Crippen molar-refractivity contribution >= 4 is 27.6 Å². The molecule has 1 unspecified atom stereocenters. The maximum Gasteiger partial charge on any atom is 0.343 e. The zero-order valence-electron chi connectivity index (χ0n) is 9.32. The Balaban J connectivity index is 2.70. The average Bonchev–Trinajstić information content (AvgIpc) is 2.27. The van der Waals surface area contributed by atoms with Gasteiger partial charge in [-0.1, -0.05) is 12.1 Å². The largest absolute Gasteiger partial charge is 0.479 e. The molecule has 0 aliphatic carbocycles. The van der Waals surface area contributed by atoms with Gasteiger partial charge in [0.15, 0.2) is 6.17 Å². The molecule has 1 amide bonds. The molecule has 0 spiro atoms. The van der Waals surface area contributed by atoms with Gasteiger partial charge in [-0.3, -0.25) is 9.69 Å². The number of fused-ring (bicyclic) bond motifs is 1. The van der Waals surface area contributed by atoms with E-state index in [-0.39, 0.29) is 10.6 Å². The van der Waals surface area contributed by atoms with Crippen LogP contribution in [0.25, 0.3) is 0 Å². The molecular weight excluding hydrogens is 260 g/mol. The van der Waals surface area contributed by atoms with Crippen LogP contribution >= 0.6 is 0 Å². The zero-order valence-corrected chi connectivity index (χ0v) is 10.1. The molecule has 0 aromatic heterocycles. The number of para-hydroxylation sites is 1. The monoisotopic (exact) mass is 270 g/mol. The minimum atomic E-state index is -3.93. The summed E-state index contributed by atoms with van der Waals surface area (Å²) in [6, 6.07) is 5.74. The molecule has 0 radical (unpaired) electrons. The Labute approximate surface area is 103 Å². The lowest BCUT2D eigenvalue weighted by Crippen LogP contribution is -2.58. The summed E-state index contributed by atoms with van der Waals surface area (Å²) in [7, 11) is -3.93. The minimum Gasteiger partial charge on any atom is -0.479 e. The molecule has 1 aromatic rings. The minimum absolute atomic E-state index is 0.0659. The molecule has 2 N–H and O–H groups in total. The first-order valence-corrected chi connectivity index (χ1v) is 6.47. The van der Waals surface area contributed by atoms with Crippen LogP contribution in [0.1, 0.15) is 6.92 Å². The average molecular weight is 270 g/mol. The van der Waals surface area contributed by atoms with Gasteiger partial charge in [0.2, 0.25) is 15.9 Å². The van der Waals surface area contributed by atoms with Crippen molar-refractivity contribution in [3.63, 3.8) is 0 Å². The predicted octanol–water partition coefficient (Wildman–Crippen LogP) is -0.258. The molecule has 0 saturated heterocycles. The summed E-state index contributed by atoms with van der Waals surface area (Å²) in [5, 5.41) is 8.99. The van der Waals surface area contributed by atoms with E-state index in [0.717, 1.165) is 4.90 Å². The number of nitrogens with zero attached hydrogens (tertiary/aromatic N) is 1. The fraction of sp³-hybridized carbons (Fsp3) is 0.200. The first-order chi connectivity index (χ1) is 8.34. The quantitative estimate of drug-likeness (QED) is 0.731. The van der Waals surface area contributed by atoms with E-state index in [0.29, 0.717) is 0 Å².